The molecule has 1 amide bonds. The predicted molar refractivity (Wildman–Crippen MR) is 125 cm³/mol. The fourth-order valence-electron chi connectivity index (χ4n) is 3.89. The van der Waals surface area contributed by atoms with Crippen molar-refractivity contribution in [3.8, 4) is 11.1 Å². The average Bonchev–Trinajstić information content (AvgIpc) is 3.08. The summed E-state index contributed by atoms with van der Waals surface area (Å²) >= 11 is 1.53. The summed E-state index contributed by atoms with van der Waals surface area (Å²) in [5.74, 6) is 0.199. The second-order valence-electron chi connectivity index (χ2n) is 8.50. The molecule has 0 saturated heterocycles. The highest BCUT2D eigenvalue weighted by Crippen LogP contribution is 2.36. The lowest BCUT2D eigenvalue weighted by molar-refractivity contribution is -0.116. The molecular formula is C24H22FN5O2S. The maximum Gasteiger partial charge on any atom is 0.237 e. The van der Waals surface area contributed by atoms with Crippen molar-refractivity contribution >= 4 is 29.0 Å². The van der Waals surface area contributed by atoms with Gasteiger partial charge < -0.3 is 14.4 Å². The van der Waals surface area contributed by atoms with Gasteiger partial charge in [0.1, 0.15) is 17.1 Å². The number of nitrogens with zero attached hydrogens (tertiary/aromatic N) is 5. The van der Waals surface area contributed by atoms with Crippen LogP contribution in [0, 0.1) is 12.7 Å². The monoisotopic (exact) mass is 463 g/mol. The van der Waals surface area contributed by atoms with Crippen molar-refractivity contribution in [2.24, 2.45) is 0 Å². The topological polar surface area (TPSA) is 83.6 Å². The van der Waals surface area contributed by atoms with Gasteiger partial charge in [0.05, 0.1) is 29.4 Å². The van der Waals surface area contributed by atoms with Gasteiger partial charge in [-0.3, -0.25) is 4.79 Å². The van der Waals surface area contributed by atoms with Crippen LogP contribution < -0.4 is 4.90 Å². The number of thioether (sulfide) groups is 1. The first-order chi connectivity index (χ1) is 15.7. The Morgan fingerprint density at radius 1 is 1.21 bits per heavy atom. The van der Waals surface area contributed by atoms with Crippen LogP contribution in [0.3, 0.4) is 0 Å². The van der Waals surface area contributed by atoms with Gasteiger partial charge in [-0.25, -0.2) is 19.3 Å². The van der Waals surface area contributed by atoms with Gasteiger partial charge in [-0.1, -0.05) is 12.1 Å². The number of hydrogen-bond acceptors (Lipinski definition) is 6. The van der Waals surface area contributed by atoms with E-state index in [1.165, 1.54) is 30.2 Å². The highest BCUT2D eigenvalue weighted by molar-refractivity contribution is 8.00. The molecule has 0 unspecified atom stereocenters. The number of carbonyl (C=O) groups excluding carboxylic acids is 1. The Morgan fingerprint density at radius 2 is 1.94 bits per heavy atom. The number of fused-ring (bicyclic) bond motifs is 2. The molecule has 1 aliphatic rings. The van der Waals surface area contributed by atoms with Crippen LogP contribution in [0.5, 0.6) is 0 Å². The molecule has 0 atom stereocenters. The summed E-state index contributed by atoms with van der Waals surface area (Å²) in [5.41, 5.74) is 2.46. The zero-order chi connectivity index (χ0) is 23.3. The Kier molecular flexibility index (Phi) is 5.18. The molecule has 33 heavy (non-hydrogen) atoms. The number of anilines is 1. The van der Waals surface area contributed by atoms with Crippen molar-refractivity contribution in [2.75, 3.05) is 10.7 Å². The molecule has 0 bridgehead atoms. The van der Waals surface area contributed by atoms with E-state index in [4.69, 9.17) is 0 Å². The number of carbonyl (C=O) groups is 1. The van der Waals surface area contributed by atoms with Crippen LogP contribution in [0.2, 0.25) is 0 Å². The third-order valence-electron chi connectivity index (χ3n) is 5.64. The van der Waals surface area contributed by atoms with E-state index in [1.807, 2.05) is 35.6 Å². The maximum atomic E-state index is 15.0. The largest absolute Gasteiger partial charge is 0.382 e. The summed E-state index contributed by atoms with van der Waals surface area (Å²) in [6.07, 6.45) is 4.66. The van der Waals surface area contributed by atoms with Gasteiger partial charge >= 0.3 is 0 Å². The lowest BCUT2D eigenvalue weighted by Crippen LogP contribution is -2.35. The number of aliphatic hydroxyl groups is 1. The smallest absolute Gasteiger partial charge is 0.237 e. The van der Waals surface area contributed by atoms with Gasteiger partial charge in [0.15, 0.2) is 5.82 Å². The van der Waals surface area contributed by atoms with Crippen LogP contribution in [0.15, 0.2) is 53.8 Å². The Bertz CT molecular complexity index is 1380. The van der Waals surface area contributed by atoms with Crippen LogP contribution in [0.25, 0.3) is 16.8 Å². The fourth-order valence-corrected chi connectivity index (χ4v) is 4.83. The Balaban J connectivity index is 1.57. The third kappa shape index (κ3) is 3.87. The number of imidazole rings is 1. The summed E-state index contributed by atoms with van der Waals surface area (Å²) in [4.78, 5) is 28.5. The fraction of sp³-hybridized carbons (Fsp3) is 0.250. The molecule has 7 nitrogen and oxygen atoms in total. The minimum absolute atomic E-state index is 0.0194. The van der Waals surface area contributed by atoms with Crippen LogP contribution in [-0.4, -0.2) is 36.1 Å². The van der Waals surface area contributed by atoms with E-state index in [9.17, 15) is 14.3 Å². The van der Waals surface area contributed by atoms with Crippen molar-refractivity contribution in [2.45, 2.75) is 37.8 Å². The Morgan fingerprint density at radius 3 is 2.67 bits per heavy atom. The van der Waals surface area contributed by atoms with E-state index in [1.54, 1.807) is 24.9 Å². The molecule has 1 N–H and O–H groups in total. The SMILES string of the molecule is Cc1nc2cc(F)c(-c3cnc(C(C)(C)O)nc3)cn2c1CN1C(=O)CSc2ccccc21. The van der Waals surface area contributed by atoms with Crippen LogP contribution >= 0.6 is 11.8 Å². The normalized spacial score (nSPS) is 14.1. The number of hydrogen-bond donors (Lipinski definition) is 1. The van der Waals surface area contributed by atoms with Gasteiger partial charge in [-0.05, 0) is 32.9 Å². The van der Waals surface area contributed by atoms with E-state index in [-0.39, 0.29) is 11.7 Å². The summed E-state index contributed by atoms with van der Waals surface area (Å²) in [7, 11) is 0. The van der Waals surface area contributed by atoms with Crippen molar-refractivity contribution < 1.29 is 14.3 Å². The number of aryl methyl sites for hydroxylation is 1. The van der Waals surface area contributed by atoms with Crippen molar-refractivity contribution in [3.63, 3.8) is 0 Å². The summed E-state index contributed by atoms with van der Waals surface area (Å²) < 4.78 is 16.8. The summed E-state index contributed by atoms with van der Waals surface area (Å²) in [6.45, 7) is 5.36. The Labute approximate surface area is 194 Å². The van der Waals surface area contributed by atoms with Crippen molar-refractivity contribution in [1.82, 2.24) is 19.4 Å². The zero-order valence-electron chi connectivity index (χ0n) is 18.4. The third-order valence-corrected chi connectivity index (χ3v) is 6.68. The van der Waals surface area contributed by atoms with E-state index >= 15 is 0 Å². The van der Waals surface area contributed by atoms with Crippen LogP contribution in [0.1, 0.15) is 31.1 Å². The highest BCUT2D eigenvalue weighted by atomic mass is 32.2. The van der Waals surface area contributed by atoms with Gasteiger partial charge in [-0.2, -0.15) is 0 Å². The van der Waals surface area contributed by atoms with Gasteiger partial charge in [0.25, 0.3) is 0 Å². The van der Waals surface area contributed by atoms with Crippen molar-refractivity contribution in [1.29, 1.82) is 0 Å². The van der Waals surface area contributed by atoms with Crippen LogP contribution in [0.4, 0.5) is 10.1 Å². The Hall–Kier alpha value is -3.30. The first kappa shape index (κ1) is 21.5. The predicted octanol–water partition coefficient (Wildman–Crippen LogP) is 4.11. The minimum Gasteiger partial charge on any atom is -0.382 e. The molecule has 0 fully saturated rings. The molecule has 3 aromatic heterocycles. The lowest BCUT2D eigenvalue weighted by atomic mass is 10.1. The first-order valence-electron chi connectivity index (χ1n) is 10.5. The molecule has 168 valence electrons. The van der Waals surface area contributed by atoms with Gasteiger partial charge in [-0.15, -0.1) is 11.8 Å². The van der Waals surface area contributed by atoms with Crippen LogP contribution in [-0.2, 0) is 16.9 Å². The molecule has 0 saturated carbocycles. The highest BCUT2D eigenvalue weighted by Gasteiger charge is 2.27. The molecule has 9 heteroatoms. The number of amides is 1. The maximum absolute atomic E-state index is 15.0. The average molecular weight is 464 g/mol. The number of benzene rings is 1. The number of pyridine rings is 1. The molecule has 0 aliphatic carbocycles. The molecule has 1 aromatic carbocycles. The number of halogens is 1. The first-order valence-corrected chi connectivity index (χ1v) is 11.5. The van der Waals surface area contributed by atoms with Gasteiger partial charge in [0, 0.05) is 40.7 Å². The van der Waals surface area contributed by atoms with E-state index < -0.39 is 11.4 Å². The summed E-state index contributed by atoms with van der Waals surface area (Å²) in [5, 5.41) is 10.1. The van der Waals surface area contributed by atoms with E-state index in [0.717, 1.165) is 22.0 Å². The molecule has 0 spiro atoms. The number of aromatic nitrogens is 4. The molecule has 4 aromatic rings. The molecule has 0 radical (unpaired) electrons. The number of para-hydroxylation sites is 1. The lowest BCUT2D eigenvalue weighted by Gasteiger charge is -2.29. The summed E-state index contributed by atoms with van der Waals surface area (Å²) in [6, 6.07) is 9.19. The van der Waals surface area contributed by atoms with Crippen molar-refractivity contribution in [3.05, 3.63) is 72.0 Å². The molecule has 4 heterocycles. The molecule has 1 aliphatic heterocycles. The quantitative estimate of drug-likeness (QED) is 0.491. The standard InChI is InChI=1S/C24H22FN5O2S/c1-14-19(12-30-18-6-4-5-7-20(18)33-13-22(30)31)29-11-16(17(25)8-21(29)28-14)15-9-26-23(27-10-15)24(2,3)32/h4-11,32H,12-13H2,1-3H3. The number of rotatable bonds is 4. The molecular weight excluding hydrogens is 441 g/mol. The second-order valence-corrected chi connectivity index (χ2v) is 9.51. The second kappa shape index (κ2) is 7.93. The van der Waals surface area contributed by atoms with E-state index in [2.05, 4.69) is 15.0 Å². The molecule has 5 rings (SSSR count). The van der Waals surface area contributed by atoms with E-state index in [0.29, 0.717) is 29.1 Å². The minimum atomic E-state index is -1.19. The van der Waals surface area contributed by atoms with Gasteiger partial charge in [0.2, 0.25) is 5.91 Å². The zero-order valence-corrected chi connectivity index (χ0v) is 19.2.